The largest absolute Gasteiger partial charge is 0.481 e. The average Bonchev–Trinajstić information content (AvgIpc) is 2.53. The van der Waals surface area contributed by atoms with Gasteiger partial charge < -0.3 is 10.0 Å². The maximum Gasteiger partial charge on any atom is 0.307 e. The van der Waals surface area contributed by atoms with E-state index in [2.05, 4.69) is 19.1 Å². The highest BCUT2D eigenvalue weighted by molar-refractivity contribution is 5.82. The van der Waals surface area contributed by atoms with Crippen LogP contribution in [0.3, 0.4) is 0 Å². The molecule has 4 heteroatoms. The summed E-state index contributed by atoms with van der Waals surface area (Å²) in [6.45, 7) is 7.31. The molecule has 1 atom stereocenters. The lowest BCUT2D eigenvalue weighted by Gasteiger charge is -2.21. The van der Waals surface area contributed by atoms with Gasteiger partial charge >= 0.3 is 5.97 Å². The Morgan fingerprint density at radius 2 is 1.57 bits per heavy atom. The van der Waals surface area contributed by atoms with Crippen molar-refractivity contribution in [3.8, 4) is 0 Å². The Morgan fingerprint density at radius 1 is 0.957 bits per heavy atom. The molecule has 1 N–H and O–H groups in total. The van der Waals surface area contributed by atoms with Crippen molar-refractivity contribution in [1.82, 2.24) is 4.90 Å². The summed E-state index contributed by atoms with van der Waals surface area (Å²) in [6, 6.07) is 0. The SMILES string of the molecule is CCC/C=C/CCCCCCC(CC(=O)N(CC)CC)C(=O)O. The average molecular weight is 325 g/mol. The molecule has 0 spiro atoms. The van der Waals surface area contributed by atoms with E-state index < -0.39 is 11.9 Å². The molecule has 0 saturated heterocycles. The summed E-state index contributed by atoms with van der Waals surface area (Å²) >= 11 is 0. The van der Waals surface area contributed by atoms with Gasteiger partial charge in [-0.3, -0.25) is 9.59 Å². The highest BCUT2D eigenvalue weighted by Crippen LogP contribution is 2.17. The minimum absolute atomic E-state index is 0.0385. The summed E-state index contributed by atoms with van der Waals surface area (Å²) in [5.41, 5.74) is 0. The Kier molecular flexibility index (Phi) is 13.5. The van der Waals surface area contributed by atoms with Gasteiger partial charge in [0.05, 0.1) is 5.92 Å². The van der Waals surface area contributed by atoms with E-state index in [0.29, 0.717) is 19.5 Å². The lowest BCUT2D eigenvalue weighted by Crippen LogP contribution is -2.33. The van der Waals surface area contributed by atoms with Gasteiger partial charge in [0.2, 0.25) is 5.91 Å². The molecule has 134 valence electrons. The molecular weight excluding hydrogens is 290 g/mol. The number of carbonyl (C=O) groups excluding carboxylic acids is 1. The van der Waals surface area contributed by atoms with E-state index in [1.165, 1.54) is 6.42 Å². The lowest BCUT2D eigenvalue weighted by molar-refractivity contribution is -0.146. The summed E-state index contributed by atoms with van der Waals surface area (Å²) in [5.74, 6) is -1.41. The Morgan fingerprint density at radius 3 is 2.13 bits per heavy atom. The number of carbonyl (C=O) groups is 2. The molecule has 0 radical (unpaired) electrons. The minimum atomic E-state index is -0.840. The van der Waals surface area contributed by atoms with Gasteiger partial charge in [-0.25, -0.2) is 0 Å². The molecule has 0 aromatic rings. The summed E-state index contributed by atoms with van der Waals surface area (Å²) in [4.78, 5) is 25.1. The predicted octanol–water partition coefficient (Wildman–Crippen LogP) is 4.64. The van der Waals surface area contributed by atoms with Crippen LogP contribution in [0.15, 0.2) is 12.2 Å². The van der Waals surface area contributed by atoms with Crippen LogP contribution < -0.4 is 0 Å². The molecular formula is C19H35NO3. The van der Waals surface area contributed by atoms with Crippen LogP contribution in [-0.2, 0) is 9.59 Å². The number of carboxylic acid groups (broad SMARTS) is 1. The van der Waals surface area contributed by atoms with Gasteiger partial charge in [0, 0.05) is 19.5 Å². The number of carboxylic acids is 1. The lowest BCUT2D eigenvalue weighted by atomic mass is 9.96. The van der Waals surface area contributed by atoms with Gasteiger partial charge in [-0.1, -0.05) is 44.8 Å². The third kappa shape index (κ3) is 10.9. The zero-order valence-electron chi connectivity index (χ0n) is 15.2. The molecule has 0 heterocycles. The Labute approximate surface area is 141 Å². The zero-order chi connectivity index (χ0) is 17.5. The highest BCUT2D eigenvalue weighted by atomic mass is 16.4. The van der Waals surface area contributed by atoms with Crippen LogP contribution >= 0.6 is 0 Å². The number of rotatable bonds is 14. The quantitative estimate of drug-likeness (QED) is 0.374. The predicted molar refractivity (Wildman–Crippen MR) is 95.4 cm³/mol. The van der Waals surface area contributed by atoms with E-state index in [1.54, 1.807) is 4.90 Å². The second-order valence-electron chi connectivity index (χ2n) is 6.06. The van der Waals surface area contributed by atoms with Crippen LogP contribution in [0.1, 0.15) is 78.6 Å². The molecule has 0 bridgehead atoms. The highest BCUT2D eigenvalue weighted by Gasteiger charge is 2.22. The van der Waals surface area contributed by atoms with E-state index in [9.17, 15) is 14.7 Å². The molecule has 1 unspecified atom stereocenters. The maximum atomic E-state index is 12.0. The molecule has 0 aliphatic heterocycles. The first-order chi connectivity index (χ1) is 11.1. The second-order valence-corrected chi connectivity index (χ2v) is 6.06. The van der Waals surface area contributed by atoms with Gasteiger partial charge in [0.25, 0.3) is 0 Å². The summed E-state index contributed by atoms with van der Waals surface area (Å²) in [6.07, 6.45) is 12.9. The number of nitrogens with zero attached hydrogens (tertiary/aromatic N) is 1. The van der Waals surface area contributed by atoms with Crippen molar-refractivity contribution in [3.05, 3.63) is 12.2 Å². The monoisotopic (exact) mass is 325 g/mol. The number of allylic oxidation sites excluding steroid dienone is 2. The normalized spacial score (nSPS) is 12.5. The summed E-state index contributed by atoms with van der Waals surface area (Å²) in [5, 5.41) is 9.29. The van der Waals surface area contributed by atoms with Gasteiger partial charge in [-0.05, 0) is 39.5 Å². The molecule has 0 aromatic heterocycles. The van der Waals surface area contributed by atoms with Crippen molar-refractivity contribution < 1.29 is 14.7 Å². The van der Waals surface area contributed by atoms with Crippen LogP contribution in [0.2, 0.25) is 0 Å². The van der Waals surface area contributed by atoms with Crippen molar-refractivity contribution in [1.29, 1.82) is 0 Å². The van der Waals surface area contributed by atoms with Crippen LogP contribution in [0.25, 0.3) is 0 Å². The van der Waals surface area contributed by atoms with Gasteiger partial charge in [0.15, 0.2) is 0 Å². The van der Waals surface area contributed by atoms with Crippen LogP contribution in [0.5, 0.6) is 0 Å². The smallest absolute Gasteiger partial charge is 0.307 e. The summed E-state index contributed by atoms with van der Waals surface area (Å²) < 4.78 is 0. The van der Waals surface area contributed by atoms with E-state index in [1.807, 2.05) is 13.8 Å². The van der Waals surface area contributed by atoms with Crippen LogP contribution in [0.4, 0.5) is 0 Å². The molecule has 0 aliphatic carbocycles. The van der Waals surface area contributed by atoms with Gasteiger partial charge in [-0.2, -0.15) is 0 Å². The fourth-order valence-electron chi connectivity index (χ4n) is 2.64. The first-order valence-corrected chi connectivity index (χ1v) is 9.22. The minimum Gasteiger partial charge on any atom is -0.481 e. The van der Waals surface area contributed by atoms with Crippen molar-refractivity contribution in [3.63, 3.8) is 0 Å². The molecule has 0 saturated carbocycles. The second kappa shape index (κ2) is 14.3. The Bertz CT molecular complexity index is 349. The number of amides is 1. The third-order valence-electron chi connectivity index (χ3n) is 4.18. The third-order valence-corrected chi connectivity index (χ3v) is 4.18. The molecule has 0 aromatic carbocycles. The fraction of sp³-hybridized carbons (Fsp3) is 0.789. The molecule has 0 rings (SSSR count). The number of hydrogen-bond acceptors (Lipinski definition) is 2. The standard InChI is InChI=1S/C19H35NO3/c1-4-7-8-9-10-11-12-13-14-15-17(19(22)23)16-18(21)20(5-2)6-3/h8-9,17H,4-7,10-16H2,1-3H3,(H,22,23)/b9-8+. The van der Waals surface area contributed by atoms with Crippen molar-refractivity contribution in [2.75, 3.05) is 13.1 Å². The van der Waals surface area contributed by atoms with Crippen LogP contribution in [-0.4, -0.2) is 35.0 Å². The fourth-order valence-corrected chi connectivity index (χ4v) is 2.64. The van der Waals surface area contributed by atoms with Crippen molar-refractivity contribution in [2.24, 2.45) is 5.92 Å². The first kappa shape index (κ1) is 21.7. The van der Waals surface area contributed by atoms with E-state index in [4.69, 9.17) is 0 Å². The summed E-state index contributed by atoms with van der Waals surface area (Å²) in [7, 11) is 0. The number of unbranched alkanes of at least 4 members (excludes halogenated alkanes) is 5. The molecule has 23 heavy (non-hydrogen) atoms. The Hall–Kier alpha value is -1.32. The molecule has 4 nitrogen and oxygen atoms in total. The van der Waals surface area contributed by atoms with Crippen molar-refractivity contribution in [2.45, 2.75) is 78.6 Å². The number of hydrogen-bond donors (Lipinski definition) is 1. The topological polar surface area (TPSA) is 57.6 Å². The van der Waals surface area contributed by atoms with E-state index in [0.717, 1.165) is 38.5 Å². The Balaban J connectivity index is 3.93. The molecule has 0 fully saturated rings. The molecule has 1 amide bonds. The zero-order valence-corrected chi connectivity index (χ0v) is 15.2. The number of aliphatic carboxylic acids is 1. The van der Waals surface area contributed by atoms with E-state index >= 15 is 0 Å². The first-order valence-electron chi connectivity index (χ1n) is 9.22. The van der Waals surface area contributed by atoms with Crippen molar-refractivity contribution >= 4 is 11.9 Å². The van der Waals surface area contributed by atoms with Gasteiger partial charge in [-0.15, -0.1) is 0 Å². The van der Waals surface area contributed by atoms with Crippen LogP contribution in [0, 0.1) is 5.92 Å². The van der Waals surface area contributed by atoms with Gasteiger partial charge in [0.1, 0.15) is 0 Å². The molecule has 0 aliphatic rings. The maximum absolute atomic E-state index is 12.0. The van der Waals surface area contributed by atoms with E-state index in [-0.39, 0.29) is 12.3 Å².